The molecule has 0 saturated carbocycles. The summed E-state index contributed by atoms with van der Waals surface area (Å²) in [5.74, 6) is 0.0414. The maximum atomic E-state index is 13.7. The molecular weight excluding hydrogens is 487 g/mol. The first-order valence-electron chi connectivity index (χ1n) is 11.5. The molecule has 1 N–H and O–H groups in total. The molecule has 0 bridgehead atoms. The lowest BCUT2D eigenvalue weighted by molar-refractivity contribution is -0.137. The Kier molecular flexibility index (Phi) is 8.94. The smallest absolute Gasteiger partial charge is 0.334 e. The van der Waals surface area contributed by atoms with E-state index in [9.17, 15) is 18.8 Å². The number of ether oxygens (including phenoxy) is 5. The van der Waals surface area contributed by atoms with Crippen LogP contribution in [0.15, 0.2) is 46.1 Å². The first-order chi connectivity index (χ1) is 17.7. The fraction of sp³-hybridized carbons (Fsp3) is 0.346. The lowest BCUT2D eigenvalue weighted by Crippen LogP contribution is -2.36. The summed E-state index contributed by atoms with van der Waals surface area (Å²) in [5.41, 5.74) is -0.310. The van der Waals surface area contributed by atoms with Crippen molar-refractivity contribution in [2.24, 2.45) is 0 Å². The molecule has 0 aliphatic heterocycles. The second-order valence-electron chi connectivity index (χ2n) is 7.99. The van der Waals surface area contributed by atoms with Crippen molar-refractivity contribution in [1.29, 1.82) is 0 Å². The second kappa shape index (κ2) is 12.1. The van der Waals surface area contributed by atoms with Crippen LogP contribution >= 0.6 is 0 Å². The largest absolute Gasteiger partial charge is 0.493 e. The summed E-state index contributed by atoms with van der Waals surface area (Å²) in [5, 5.41) is 0. The van der Waals surface area contributed by atoms with Crippen LogP contribution in [0.25, 0.3) is 0 Å². The van der Waals surface area contributed by atoms with Gasteiger partial charge in [-0.05, 0) is 62.1 Å². The van der Waals surface area contributed by atoms with Gasteiger partial charge >= 0.3 is 11.7 Å². The molecule has 0 aliphatic rings. The molecular formula is C26H29FN2O8. The maximum absolute atomic E-state index is 13.7. The SMILES string of the molecule is CCOc1ccc(CCc2cc(OC)c(OC)c(OC)c2)cc1OC(=O)C(C)n1cc(F)c(=O)[nH]c1=O. The van der Waals surface area contributed by atoms with Gasteiger partial charge in [0.1, 0.15) is 6.04 Å². The summed E-state index contributed by atoms with van der Waals surface area (Å²) in [4.78, 5) is 38.0. The summed E-state index contributed by atoms with van der Waals surface area (Å²) < 4.78 is 41.8. The van der Waals surface area contributed by atoms with Gasteiger partial charge in [0.05, 0.1) is 34.1 Å². The molecule has 0 aliphatic carbocycles. The Morgan fingerprint density at radius 2 is 1.57 bits per heavy atom. The number of halogens is 1. The first-order valence-corrected chi connectivity index (χ1v) is 11.5. The number of aromatic nitrogens is 2. The Morgan fingerprint density at radius 1 is 0.946 bits per heavy atom. The van der Waals surface area contributed by atoms with E-state index in [1.807, 2.05) is 23.2 Å². The zero-order valence-corrected chi connectivity index (χ0v) is 21.3. The van der Waals surface area contributed by atoms with Gasteiger partial charge in [-0.25, -0.2) is 9.59 Å². The molecule has 0 radical (unpaired) electrons. The number of benzene rings is 2. The van der Waals surface area contributed by atoms with Crippen LogP contribution in [0.2, 0.25) is 0 Å². The number of nitrogens with zero attached hydrogens (tertiary/aromatic N) is 1. The summed E-state index contributed by atoms with van der Waals surface area (Å²) in [6.45, 7) is 3.47. The number of methoxy groups -OCH3 is 3. The van der Waals surface area contributed by atoms with Crippen LogP contribution < -0.4 is 34.9 Å². The minimum atomic E-state index is -1.21. The van der Waals surface area contributed by atoms with Gasteiger partial charge in [-0.2, -0.15) is 4.39 Å². The van der Waals surface area contributed by atoms with E-state index in [0.29, 0.717) is 48.6 Å². The molecule has 10 nitrogen and oxygen atoms in total. The highest BCUT2D eigenvalue weighted by Gasteiger charge is 2.22. The summed E-state index contributed by atoms with van der Waals surface area (Å²) in [7, 11) is 4.63. The van der Waals surface area contributed by atoms with Gasteiger partial charge in [0, 0.05) is 0 Å². The molecule has 3 rings (SSSR count). The van der Waals surface area contributed by atoms with Crippen molar-refractivity contribution in [3.63, 3.8) is 0 Å². The van der Waals surface area contributed by atoms with Gasteiger partial charge in [-0.15, -0.1) is 0 Å². The number of H-pyrrole nitrogens is 1. The predicted octanol–water partition coefficient (Wildman–Crippen LogP) is 3.05. The number of carbonyl (C=O) groups excluding carboxylic acids is 1. The Labute approximate surface area is 212 Å². The van der Waals surface area contributed by atoms with Crippen LogP contribution in [0.5, 0.6) is 28.7 Å². The lowest BCUT2D eigenvalue weighted by atomic mass is 10.0. The number of nitrogens with one attached hydrogen (secondary N) is 1. The molecule has 1 aromatic heterocycles. The number of esters is 1. The van der Waals surface area contributed by atoms with E-state index < -0.39 is 29.1 Å². The predicted molar refractivity (Wildman–Crippen MR) is 133 cm³/mol. The van der Waals surface area contributed by atoms with Gasteiger partial charge in [-0.1, -0.05) is 6.07 Å². The Hall–Kier alpha value is -4.28. The molecule has 1 unspecified atom stereocenters. The minimum Gasteiger partial charge on any atom is -0.493 e. The molecule has 0 amide bonds. The van der Waals surface area contributed by atoms with Crippen LogP contribution in [-0.4, -0.2) is 43.5 Å². The van der Waals surface area contributed by atoms with E-state index in [2.05, 4.69) is 0 Å². The summed E-state index contributed by atoms with van der Waals surface area (Å²) in [6, 6.07) is 7.72. The van der Waals surface area contributed by atoms with Gasteiger partial charge in [0.2, 0.25) is 11.6 Å². The monoisotopic (exact) mass is 516 g/mol. The number of aryl methyl sites for hydroxylation is 2. The Bertz CT molecular complexity index is 1360. The molecule has 3 aromatic rings. The quantitative estimate of drug-likeness (QED) is 0.305. The normalized spacial score (nSPS) is 11.5. The van der Waals surface area contributed by atoms with E-state index in [0.717, 1.165) is 15.7 Å². The molecule has 2 aromatic carbocycles. The number of rotatable bonds is 11. The molecule has 37 heavy (non-hydrogen) atoms. The highest BCUT2D eigenvalue weighted by Crippen LogP contribution is 2.38. The van der Waals surface area contributed by atoms with Crippen LogP contribution in [0.3, 0.4) is 0 Å². The molecule has 198 valence electrons. The molecule has 1 heterocycles. The van der Waals surface area contributed by atoms with Crippen molar-refractivity contribution in [1.82, 2.24) is 9.55 Å². The third kappa shape index (κ3) is 6.29. The van der Waals surface area contributed by atoms with Crippen molar-refractivity contribution in [2.45, 2.75) is 32.7 Å². The van der Waals surface area contributed by atoms with E-state index >= 15 is 0 Å². The molecule has 0 spiro atoms. The Morgan fingerprint density at radius 3 is 2.16 bits per heavy atom. The molecule has 11 heteroatoms. The zero-order valence-electron chi connectivity index (χ0n) is 21.3. The third-order valence-electron chi connectivity index (χ3n) is 5.63. The van der Waals surface area contributed by atoms with E-state index in [1.54, 1.807) is 33.3 Å². The minimum absolute atomic E-state index is 0.152. The second-order valence-corrected chi connectivity index (χ2v) is 7.99. The highest BCUT2D eigenvalue weighted by molar-refractivity contribution is 5.77. The molecule has 0 saturated heterocycles. The lowest BCUT2D eigenvalue weighted by Gasteiger charge is -2.17. The maximum Gasteiger partial charge on any atom is 0.334 e. The van der Waals surface area contributed by atoms with Crippen molar-refractivity contribution in [3.8, 4) is 28.7 Å². The standard InChI is InChI=1S/C26H29FN2O8/c1-6-36-19-10-9-16(7-8-17-12-21(33-3)23(35-5)22(13-17)34-4)11-20(19)37-25(31)15(2)29-14-18(27)24(30)28-26(29)32/h9-15H,6-8H2,1-5H3,(H,28,30,32). The topological polar surface area (TPSA) is 118 Å². The number of hydrogen-bond donors (Lipinski definition) is 1. The number of carbonyl (C=O) groups is 1. The van der Waals surface area contributed by atoms with Crippen LogP contribution in [0, 0.1) is 5.82 Å². The van der Waals surface area contributed by atoms with Gasteiger partial charge in [-0.3, -0.25) is 14.3 Å². The third-order valence-corrected chi connectivity index (χ3v) is 5.63. The average molecular weight is 517 g/mol. The van der Waals surface area contributed by atoms with Crippen molar-refractivity contribution < 1.29 is 32.9 Å². The summed E-state index contributed by atoms with van der Waals surface area (Å²) >= 11 is 0. The van der Waals surface area contributed by atoms with Gasteiger partial charge < -0.3 is 23.7 Å². The fourth-order valence-electron chi connectivity index (χ4n) is 3.69. The molecule has 1 atom stereocenters. The van der Waals surface area contributed by atoms with E-state index in [1.165, 1.54) is 14.0 Å². The van der Waals surface area contributed by atoms with E-state index in [-0.39, 0.29) is 5.75 Å². The Balaban J connectivity index is 1.83. The van der Waals surface area contributed by atoms with Crippen LogP contribution in [-0.2, 0) is 17.6 Å². The van der Waals surface area contributed by atoms with Gasteiger partial charge in [0.15, 0.2) is 23.0 Å². The first kappa shape index (κ1) is 27.3. The highest BCUT2D eigenvalue weighted by atomic mass is 19.1. The van der Waals surface area contributed by atoms with Crippen LogP contribution in [0.1, 0.15) is 31.0 Å². The van der Waals surface area contributed by atoms with Crippen LogP contribution in [0.4, 0.5) is 4.39 Å². The molecule has 0 fully saturated rings. The summed E-state index contributed by atoms with van der Waals surface area (Å²) in [6.07, 6.45) is 1.86. The van der Waals surface area contributed by atoms with Gasteiger partial charge in [0.25, 0.3) is 5.56 Å². The van der Waals surface area contributed by atoms with Crippen molar-refractivity contribution in [3.05, 3.63) is 74.3 Å². The zero-order chi connectivity index (χ0) is 27.1. The fourth-order valence-corrected chi connectivity index (χ4v) is 3.69. The number of aromatic amines is 1. The van der Waals surface area contributed by atoms with E-state index in [4.69, 9.17) is 23.7 Å². The average Bonchev–Trinajstić information content (AvgIpc) is 2.89. The van der Waals surface area contributed by atoms with Crippen molar-refractivity contribution >= 4 is 5.97 Å². The van der Waals surface area contributed by atoms with Crippen molar-refractivity contribution in [2.75, 3.05) is 27.9 Å². The number of hydrogen-bond acceptors (Lipinski definition) is 8.